The van der Waals surface area contributed by atoms with Crippen molar-refractivity contribution in [3.63, 3.8) is 0 Å². The Bertz CT molecular complexity index is 1200. The van der Waals surface area contributed by atoms with Gasteiger partial charge in [0, 0.05) is 29.5 Å². The number of anilines is 1. The summed E-state index contributed by atoms with van der Waals surface area (Å²) in [4.78, 5) is 29.4. The first-order chi connectivity index (χ1) is 15.0. The number of carbonyl (C=O) groups is 1. The molecule has 0 radical (unpaired) electrons. The molecule has 0 saturated heterocycles. The molecule has 154 valence electrons. The summed E-state index contributed by atoms with van der Waals surface area (Å²) in [6, 6.07) is 21.5. The van der Waals surface area contributed by atoms with Gasteiger partial charge in [-0.15, -0.1) is 0 Å². The Morgan fingerprint density at radius 3 is 2.61 bits per heavy atom. The van der Waals surface area contributed by atoms with Crippen molar-refractivity contribution in [1.82, 2.24) is 0 Å². The lowest BCUT2D eigenvalue weighted by molar-refractivity contribution is -0.384. The molecule has 7 nitrogen and oxygen atoms in total. The molecular weight excluding hydrogens is 394 g/mol. The maximum atomic E-state index is 12.6. The number of benzene rings is 3. The molecule has 1 aliphatic rings. The van der Waals surface area contributed by atoms with E-state index in [0.29, 0.717) is 17.9 Å². The van der Waals surface area contributed by atoms with Gasteiger partial charge in [0.05, 0.1) is 18.6 Å². The fourth-order valence-electron chi connectivity index (χ4n) is 3.41. The van der Waals surface area contributed by atoms with Crippen molar-refractivity contribution in [2.45, 2.75) is 6.54 Å². The molecule has 0 aromatic heterocycles. The molecular formula is C24H19N3O4. The third-order valence-electron chi connectivity index (χ3n) is 4.94. The van der Waals surface area contributed by atoms with Gasteiger partial charge in [0.1, 0.15) is 11.6 Å². The highest BCUT2D eigenvalue weighted by Gasteiger charge is 2.27. The van der Waals surface area contributed by atoms with Crippen LogP contribution in [0.4, 0.5) is 11.4 Å². The Kier molecular flexibility index (Phi) is 5.57. The number of rotatable bonds is 5. The molecule has 0 aliphatic carbocycles. The van der Waals surface area contributed by atoms with Crippen LogP contribution in [-0.4, -0.2) is 23.8 Å². The first-order valence-electron chi connectivity index (χ1n) is 9.60. The van der Waals surface area contributed by atoms with Gasteiger partial charge in [0.2, 0.25) is 0 Å². The lowest BCUT2D eigenvalue weighted by Gasteiger charge is -2.19. The van der Waals surface area contributed by atoms with Crippen LogP contribution in [0.5, 0.6) is 5.75 Å². The van der Waals surface area contributed by atoms with Gasteiger partial charge in [-0.1, -0.05) is 36.4 Å². The van der Waals surface area contributed by atoms with Gasteiger partial charge >= 0.3 is 0 Å². The predicted molar refractivity (Wildman–Crippen MR) is 119 cm³/mol. The number of nitro groups is 1. The molecule has 3 aromatic rings. The number of amides is 1. The van der Waals surface area contributed by atoms with Crippen molar-refractivity contribution >= 4 is 29.2 Å². The monoisotopic (exact) mass is 413 g/mol. The van der Waals surface area contributed by atoms with Crippen LogP contribution >= 0.6 is 0 Å². The summed E-state index contributed by atoms with van der Waals surface area (Å²) in [7, 11) is 1.61. The van der Waals surface area contributed by atoms with E-state index < -0.39 is 10.8 Å². The van der Waals surface area contributed by atoms with Crippen molar-refractivity contribution in [3.05, 3.63) is 106 Å². The summed E-state index contributed by atoms with van der Waals surface area (Å²) >= 11 is 0. The number of hydrogen-bond acceptors (Lipinski definition) is 4. The first-order valence-corrected chi connectivity index (χ1v) is 9.60. The van der Waals surface area contributed by atoms with E-state index in [9.17, 15) is 14.9 Å². The fourth-order valence-corrected chi connectivity index (χ4v) is 3.41. The van der Waals surface area contributed by atoms with Crippen molar-refractivity contribution in [2.75, 3.05) is 12.0 Å². The maximum Gasteiger partial charge on any atom is 0.271 e. The third-order valence-corrected chi connectivity index (χ3v) is 4.94. The van der Waals surface area contributed by atoms with Gasteiger partial charge in [-0.2, -0.15) is 4.99 Å². The molecule has 4 rings (SSSR count). The first kappa shape index (κ1) is 20.0. The molecule has 3 aromatic carbocycles. The van der Waals surface area contributed by atoms with Crippen LogP contribution < -0.4 is 9.64 Å². The minimum Gasteiger partial charge on any atom is -0.497 e. The lowest BCUT2D eigenvalue weighted by atomic mass is 10.1. The highest BCUT2D eigenvalue weighted by molar-refractivity contribution is 6.18. The molecule has 0 N–H and O–H groups in total. The zero-order valence-corrected chi connectivity index (χ0v) is 16.8. The number of fused-ring (bicyclic) bond motifs is 1. The number of amidine groups is 1. The molecule has 31 heavy (non-hydrogen) atoms. The number of hydrogen-bond donors (Lipinski definition) is 0. The van der Waals surface area contributed by atoms with Gasteiger partial charge in [0.25, 0.3) is 11.6 Å². The van der Waals surface area contributed by atoms with E-state index in [-0.39, 0.29) is 5.69 Å². The van der Waals surface area contributed by atoms with Gasteiger partial charge in [-0.05, 0) is 41.5 Å². The predicted octanol–water partition coefficient (Wildman–Crippen LogP) is 4.61. The minimum absolute atomic E-state index is 0.0312. The second-order valence-corrected chi connectivity index (χ2v) is 6.90. The van der Waals surface area contributed by atoms with Crippen LogP contribution in [0, 0.1) is 10.1 Å². The number of carbonyl (C=O) groups excluding carboxylic acids is 1. The Morgan fingerprint density at radius 2 is 1.87 bits per heavy atom. The highest BCUT2D eigenvalue weighted by atomic mass is 16.6. The molecule has 1 amide bonds. The van der Waals surface area contributed by atoms with Crippen LogP contribution in [0.2, 0.25) is 0 Å². The van der Waals surface area contributed by atoms with Crippen molar-refractivity contribution < 1.29 is 14.5 Å². The van der Waals surface area contributed by atoms with E-state index >= 15 is 0 Å². The van der Waals surface area contributed by atoms with Crippen LogP contribution in [0.15, 0.2) is 83.9 Å². The summed E-state index contributed by atoms with van der Waals surface area (Å²) in [5.74, 6) is 0.862. The van der Waals surface area contributed by atoms with Crippen LogP contribution in [-0.2, 0) is 11.3 Å². The SMILES string of the molecule is COc1ccc(N2Cc3ccccc3C2=NC(=O)/C=C/c2cccc([N+](=O)[O-])c2)cc1. The smallest absolute Gasteiger partial charge is 0.271 e. The van der Waals surface area contributed by atoms with Crippen LogP contribution in [0.25, 0.3) is 6.08 Å². The Morgan fingerprint density at radius 1 is 1.10 bits per heavy atom. The molecule has 0 fully saturated rings. The lowest BCUT2D eigenvalue weighted by Crippen LogP contribution is -2.25. The van der Waals surface area contributed by atoms with E-state index in [1.165, 1.54) is 24.3 Å². The average molecular weight is 413 g/mol. The molecule has 1 heterocycles. The van der Waals surface area contributed by atoms with Crippen molar-refractivity contribution in [3.8, 4) is 5.75 Å². The van der Waals surface area contributed by atoms with E-state index in [1.807, 2.05) is 53.4 Å². The highest BCUT2D eigenvalue weighted by Crippen LogP contribution is 2.30. The van der Waals surface area contributed by atoms with Gasteiger partial charge in [0.15, 0.2) is 0 Å². The van der Waals surface area contributed by atoms with E-state index in [4.69, 9.17) is 4.74 Å². The second kappa shape index (κ2) is 8.62. The molecule has 0 unspecified atom stereocenters. The number of ether oxygens (including phenoxy) is 1. The molecule has 1 aliphatic heterocycles. The largest absolute Gasteiger partial charge is 0.497 e. The number of non-ortho nitro benzene ring substituents is 1. The number of methoxy groups -OCH3 is 1. The fraction of sp³-hybridized carbons (Fsp3) is 0.0833. The summed E-state index contributed by atoms with van der Waals surface area (Å²) in [5, 5.41) is 10.9. The standard InChI is InChI=1S/C24H19N3O4/c1-31-21-12-10-19(11-13-21)26-16-18-6-2-3-8-22(18)24(26)25-23(28)14-9-17-5-4-7-20(15-17)27(29)30/h2-15H,16H2,1H3/b14-9+,25-24?. The quantitative estimate of drug-likeness (QED) is 0.346. The molecule has 0 bridgehead atoms. The Balaban J connectivity index is 1.64. The molecule has 0 saturated carbocycles. The summed E-state index contributed by atoms with van der Waals surface area (Å²) in [5.41, 5.74) is 3.40. The minimum atomic E-state index is -0.471. The zero-order valence-electron chi connectivity index (χ0n) is 16.8. The average Bonchev–Trinajstić information content (AvgIpc) is 3.16. The van der Waals surface area contributed by atoms with Gasteiger partial charge in [-0.3, -0.25) is 14.9 Å². The second-order valence-electron chi connectivity index (χ2n) is 6.90. The number of nitro benzene ring substituents is 1. The van der Waals surface area contributed by atoms with Gasteiger partial charge < -0.3 is 9.64 Å². The summed E-state index contributed by atoms with van der Waals surface area (Å²) in [6.45, 7) is 0.600. The zero-order chi connectivity index (χ0) is 21.8. The van der Waals surface area contributed by atoms with Crippen molar-refractivity contribution in [1.29, 1.82) is 0 Å². The number of nitrogens with zero attached hydrogens (tertiary/aromatic N) is 3. The molecule has 7 heteroatoms. The molecule has 0 spiro atoms. The Labute approximate surface area is 179 Å². The van der Waals surface area contributed by atoms with E-state index in [1.54, 1.807) is 19.2 Å². The van der Waals surface area contributed by atoms with E-state index in [0.717, 1.165) is 22.6 Å². The summed E-state index contributed by atoms with van der Waals surface area (Å²) < 4.78 is 5.23. The topological polar surface area (TPSA) is 85.0 Å². The normalized spacial score (nSPS) is 14.1. The van der Waals surface area contributed by atoms with E-state index in [2.05, 4.69) is 4.99 Å². The van der Waals surface area contributed by atoms with Gasteiger partial charge in [-0.25, -0.2) is 0 Å². The number of aliphatic imine (C=N–C) groups is 1. The molecule has 0 atom stereocenters. The van der Waals surface area contributed by atoms with Crippen molar-refractivity contribution in [2.24, 2.45) is 4.99 Å². The van der Waals surface area contributed by atoms with Crippen LogP contribution in [0.3, 0.4) is 0 Å². The third kappa shape index (κ3) is 4.35. The van der Waals surface area contributed by atoms with Crippen LogP contribution in [0.1, 0.15) is 16.7 Å². The Hall–Kier alpha value is -4.26. The maximum absolute atomic E-state index is 12.6. The summed E-state index contributed by atoms with van der Waals surface area (Å²) in [6.07, 6.45) is 2.84.